The summed E-state index contributed by atoms with van der Waals surface area (Å²) < 4.78 is 28.3. The first-order chi connectivity index (χ1) is 9.45. The molecule has 6 nitrogen and oxygen atoms in total. The molecule has 0 bridgehead atoms. The lowest BCUT2D eigenvalue weighted by molar-refractivity contribution is -0.142. The molecule has 0 aromatic carbocycles. The van der Waals surface area contributed by atoms with Crippen molar-refractivity contribution < 1.29 is 18.3 Å². The molecule has 2 aliphatic rings. The summed E-state index contributed by atoms with van der Waals surface area (Å²) in [5.74, 6) is -0.692. The zero-order valence-corrected chi connectivity index (χ0v) is 12.8. The Hall–Kier alpha value is -0.660. The maximum atomic E-state index is 12.6. The van der Waals surface area contributed by atoms with E-state index < -0.39 is 22.1 Å². The van der Waals surface area contributed by atoms with Gasteiger partial charge in [0, 0.05) is 26.2 Å². The molecule has 1 aliphatic carbocycles. The molecule has 1 aliphatic heterocycles. The average Bonchev–Trinajstić information content (AvgIpc) is 3.22. The van der Waals surface area contributed by atoms with Gasteiger partial charge in [0.2, 0.25) is 0 Å². The Balaban J connectivity index is 1.99. The number of carboxylic acids is 1. The lowest BCUT2D eigenvalue weighted by Gasteiger charge is -2.33. The highest BCUT2D eigenvalue weighted by atomic mass is 32.2. The molecule has 0 aromatic rings. The van der Waals surface area contributed by atoms with E-state index in [0.29, 0.717) is 44.9 Å². The predicted molar refractivity (Wildman–Crippen MR) is 75.4 cm³/mol. The molecule has 0 aromatic heterocycles. The molecular formula is C13H24N2O4S. The van der Waals surface area contributed by atoms with Crippen molar-refractivity contribution in [1.29, 1.82) is 0 Å². The maximum absolute atomic E-state index is 12.6. The van der Waals surface area contributed by atoms with Crippen LogP contribution in [0.5, 0.6) is 0 Å². The highest BCUT2D eigenvalue weighted by Crippen LogP contribution is 2.31. The number of hydrogen-bond acceptors (Lipinski definition) is 3. The fraction of sp³-hybridized carbons (Fsp3) is 0.923. The lowest BCUT2D eigenvalue weighted by Crippen LogP contribution is -2.48. The molecule has 0 unspecified atom stereocenters. The quantitative estimate of drug-likeness (QED) is 0.765. The fourth-order valence-corrected chi connectivity index (χ4v) is 4.45. The van der Waals surface area contributed by atoms with Crippen LogP contribution in [-0.4, -0.2) is 54.3 Å². The number of piperidine rings is 1. The van der Waals surface area contributed by atoms with Crippen molar-refractivity contribution in [2.75, 3.05) is 26.2 Å². The summed E-state index contributed by atoms with van der Waals surface area (Å²) >= 11 is 0. The molecule has 7 heteroatoms. The van der Waals surface area contributed by atoms with Crippen LogP contribution in [0.3, 0.4) is 0 Å². The van der Waals surface area contributed by atoms with Crippen LogP contribution in [-0.2, 0) is 15.0 Å². The third-order valence-electron chi connectivity index (χ3n) is 4.09. The Bertz CT molecular complexity index is 439. The highest BCUT2D eigenvalue weighted by molar-refractivity contribution is 7.86. The van der Waals surface area contributed by atoms with Crippen molar-refractivity contribution in [1.82, 2.24) is 8.61 Å². The van der Waals surface area contributed by atoms with Gasteiger partial charge in [0.05, 0.1) is 5.92 Å². The van der Waals surface area contributed by atoms with Crippen molar-refractivity contribution >= 4 is 16.2 Å². The number of aliphatic carboxylic acids is 1. The molecule has 2 rings (SSSR count). The Morgan fingerprint density at radius 3 is 2.30 bits per heavy atom. The van der Waals surface area contributed by atoms with E-state index in [2.05, 4.69) is 0 Å². The summed E-state index contributed by atoms with van der Waals surface area (Å²) in [5.41, 5.74) is 0. The topological polar surface area (TPSA) is 77.9 Å². The largest absolute Gasteiger partial charge is 0.481 e. The molecule has 0 radical (unpaired) electrons. The van der Waals surface area contributed by atoms with Crippen LogP contribution in [0.15, 0.2) is 0 Å². The van der Waals surface area contributed by atoms with Gasteiger partial charge in [0.15, 0.2) is 0 Å². The van der Waals surface area contributed by atoms with Crippen molar-refractivity contribution in [2.24, 2.45) is 11.8 Å². The minimum atomic E-state index is -3.42. The van der Waals surface area contributed by atoms with E-state index in [1.54, 1.807) is 4.31 Å². The second kappa shape index (κ2) is 6.41. The predicted octanol–water partition coefficient (Wildman–Crippen LogP) is 1.15. The van der Waals surface area contributed by atoms with E-state index in [9.17, 15) is 13.2 Å². The first-order valence-electron chi connectivity index (χ1n) is 7.43. The van der Waals surface area contributed by atoms with Gasteiger partial charge >= 0.3 is 5.97 Å². The molecule has 1 saturated heterocycles. The zero-order chi connectivity index (χ0) is 14.8. The van der Waals surface area contributed by atoms with Gasteiger partial charge in [0.1, 0.15) is 0 Å². The molecule has 0 atom stereocenters. The molecule has 116 valence electrons. The fourth-order valence-electron chi connectivity index (χ4n) is 2.64. The van der Waals surface area contributed by atoms with Crippen LogP contribution >= 0.6 is 0 Å². The summed E-state index contributed by atoms with van der Waals surface area (Å²) in [6, 6.07) is 0. The van der Waals surface area contributed by atoms with Crippen LogP contribution in [0.2, 0.25) is 0 Å². The first kappa shape index (κ1) is 15.7. The molecule has 0 amide bonds. The van der Waals surface area contributed by atoms with Gasteiger partial charge in [-0.05, 0) is 38.0 Å². The van der Waals surface area contributed by atoms with Gasteiger partial charge in [-0.3, -0.25) is 4.79 Å². The number of carboxylic acid groups (broad SMARTS) is 1. The van der Waals surface area contributed by atoms with Gasteiger partial charge in [-0.15, -0.1) is 0 Å². The lowest BCUT2D eigenvalue weighted by atomic mass is 9.99. The molecule has 20 heavy (non-hydrogen) atoms. The normalized spacial score (nSPS) is 22.3. The first-order valence-corrected chi connectivity index (χ1v) is 8.83. The van der Waals surface area contributed by atoms with Gasteiger partial charge in [0.25, 0.3) is 10.2 Å². The standard InChI is InChI=1S/C13H24N2O4S/c1-2-7-15(10-11-3-4-11)20(18,19)14-8-5-12(6-9-14)13(16)17/h11-12H,2-10H2,1H3,(H,16,17). The number of hydrogen-bond donors (Lipinski definition) is 1. The SMILES string of the molecule is CCCN(CC1CC1)S(=O)(=O)N1CCC(C(=O)O)CC1. The van der Waals surface area contributed by atoms with Crippen LogP contribution in [0.25, 0.3) is 0 Å². The number of carbonyl (C=O) groups is 1. The van der Waals surface area contributed by atoms with Gasteiger partial charge in [-0.25, -0.2) is 0 Å². The smallest absolute Gasteiger partial charge is 0.306 e. The maximum Gasteiger partial charge on any atom is 0.306 e. The van der Waals surface area contributed by atoms with E-state index >= 15 is 0 Å². The van der Waals surface area contributed by atoms with Crippen LogP contribution < -0.4 is 0 Å². The second-order valence-corrected chi connectivity index (χ2v) is 7.75. The van der Waals surface area contributed by atoms with E-state index in [-0.39, 0.29) is 0 Å². The molecule has 0 spiro atoms. The summed E-state index contributed by atoms with van der Waals surface area (Å²) in [6.07, 6.45) is 3.88. The number of rotatable bonds is 7. The monoisotopic (exact) mass is 304 g/mol. The minimum absolute atomic E-state index is 0.324. The highest BCUT2D eigenvalue weighted by Gasteiger charge is 2.36. The van der Waals surface area contributed by atoms with Crippen LogP contribution in [0.4, 0.5) is 0 Å². The van der Waals surface area contributed by atoms with E-state index in [4.69, 9.17) is 5.11 Å². The van der Waals surface area contributed by atoms with Crippen LogP contribution in [0, 0.1) is 11.8 Å². The molecule has 1 saturated carbocycles. The van der Waals surface area contributed by atoms with Gasteiger partial charge in [-0.1, -0.05) is 6.92 Å². The molecule has 2 fully saturated rings. The zero-order valence-electron chi connectivity index (χ0n) is 12.0. The Morgan fingerprint density at radius 2 is 1.85 bits per heavy atom. The summed E-state index contributed by atoms with van der Waals surface area (Å²) in [4.78, 5) is 10.9. The van der Waals surface area contributed by atoms with Crippen molar-refractivity contribution in [3.8, 4) is 0 Å². The third-order valence-corrected chi connectivity index (χ3v) is 6.09. The summed E-state index contributed by atoms with van der Waals surface area (Å²) in [7, 11) is -3.42. The Morgan fingerprint density at radius 1 is 1.25 bits per heavy atom. The molecule has 1 N–H and O–H groups in total. The summed E-state index contributed by atoms with van der Waals surface area (Å²) in [5, 5.41) is 8.97. The number of nitrogens with zero attached hydrogens (tertiary/aromatic N) is 2. The third kappa shape index (κ3) is 3.71. The van der Waals surface area contributed by atoms with Crippen LogP contribution in [0.1, 0.15) is 39.0 Å². The minimum Gasteiger partial charge on any atom is -0.481 e. The van der Waals surface area contributed by atoms with Crippen molar-refractivity contribution in [3.05, 3.63) is 0 Å². The summed E-state index contributed by atoms with van der Waals surface area (Å²) in [6.45, 7) is 3.80. The van der Waals surface area contributed by atoms with Crippen molar-refractivity contribution in [3.63, 3.8) is 0 Å². The Labute approximate surface area is 120 Å². The Kier molecular flexibility index (Phi) is 5.04. The van der Waals surface area contributed by atoms with Crippen molar-refractivity contribution in [2.45, 2.75) is 39.0 Å². The molecular weight excluding hydrogens is 280 g/mol. The van der Waals surface area contributed by atoms with Gasteiger partial charge < -0.3 is 5.11 Å². The van der Waals surface area contributed by atoms with E-state index in [1.807, 2.05) is 6.92 Å². The van der Waals surface area contributed by atoms with E-state index in [0.717, 1.165) is 19.3 Å². The van der Waals surface area contributed by atoms with Gasteiger partial charge in [-0.2, -0.15) is 17.0 Å². The average molecular weight is 304 g/mol. The van der Waals surface area contributed by atoms with E-state index in [1.165, 1.54) is 4.31 Å². The molecule has 1 heterocycles. The second-order valence-electron chi connectivity index (χ2n) is 5.82.